The van der Waals surface area contributed by atoms with Gasteiger partial charge in [-0.25, -0.2) is 15.0 Å². The van der Waals surface area contributed by atoms with Gasteiger partial charge in [0, 0.05) is 42.2 Å². The van der Waals surface area contributed by atoms with Gasteiger partial charge in [0.25, 0.3) is 5.91 Å². The van der Waals surface area contributed by atoms with Crippen molar-refractivity contribution in [3.05, 3.63) is 71.9 Å². The molecule has 1 unspecified atom stereocenters. The van der Waals surface area contributed by atoms with Crippen LogP contribution in [0.1, 0.15) is 41.5 Å². The molecule has 1 fully saturated rings. The van der Waals surface area contributed by atoms with Crippen molar-refractivity contribution in [3.8, 4) is 11.3 Å². The minimum Gasteiger partial charge on any atom is -0.382 e. The molecule has 208 valence electrons. The van der Waals surface area contributed by atoms with E-state index in [0.29, 0.717) is 42.4 Å². The van der Waals surface area contributed by atoms with Crippen LogP contribution in [0.15, 0.2) is 55.0 Å². The molecule has 4 N–H and O–H groups in total. The van der Waals surface area contributed by atoms with E-state index in [-0.39, 0.29) is 29.0 Å². The molecule has 0 radical (unpaired) electrons. The molecular weight excluding hydrogens is 527 g/mol. The lowest BCUT2D eigenvalue weighted by Gasteiger charge is -2.36. The highest BCUT2D eigenvalue weighted by Crippen LogP contribution is 2.32. The number of amides is 2. The molecule has 3 aromatic heterocycles. The number of benzene rings is 1. The van der Waals surface area contributed by atoms with Crippen molar-refractivity contribution in [3.63, 3.8) is 0 Å². The molecule has 2 amide bonds. The molecule has 0 bridgehead atoms. The van der Waals surface area contributed by atoms with Gasteiger partial charge < -0.3 is 21.1 Å². The number of anilines is 2. The maximum absolute atomic E-state index is 13.0. The van der Waals surface area contributed by atoms with Gasteiger partial charge in [-0.15, -0.1) is 0 Å². The van der Waals surface area contributed by atoms with E-state index in [1.165, 1.54) is 12.1 Å². The van der Waals surface area contributed by atoms with E-state index in [4.69, 9.17) is 15.5 Å². The number of hydrogen-bond acceptors (Lipinski definition) is 7. The average Bonchev–Trinajstić information content (AvgIpc) is 3.31. The predicted molar refractivity (Wildman–Crippen MR) is 140 cm³/mol. The van der Waals surface area contributed by atoms with Gasteiger partial charge in [-0.3, -0.25) is 14.0 Å². The minimum absolute atomic E-state index is 0.0814. The number of aromatic nitrogens is 4. The summed E-state index contributed by atoms with van der Waals surface area (Å²) in [5.41, 5.74) is 6.73. The van der Waals surface area contributed by atoms with Gasteiger partial charge in [0.1, 0.15) is 28.7 Å². The van der Waals surface area contributed by atoms with Crippen molar-refractivity contribution in [1.29, 1.82) is 0 Å². The first kappa shape index (κ1) is 27.1. The van der Waals surface area contributed by atoms with Crippen molar-refractivity contribution in [2.75, 3.05) is 30.8 Å². The molecule has 10 nitrogen and oxygen atoms in total. The van der Waals surface area contributed by atoms with Crippen LogP contribution in [0.4, 0.5) is 24.8 Å². The molecule has 1 aromatic carbocycles. The fraction of sp³-hybridized carbons (Fsp3) is 0.296. The van der Waals surface area contributed by atoms with Gasteiger partial charge >= 0.3 is 6.18 Å². The summed E-state index contributed by atoms with van der Waals surface area (Å²) in [6.07, 6.45) is -0.277. The number of pyridine rings is 1. The Labute approximate surface area is 226 Å². The zero-order chi connectivity index (χ0) is 28.7. The van der Waals surface area contributed by atoms with Crippen LogP contribution in [0.25, 0.3) is 16.8 Å². The largest absolute Gasteiger partial charge is 0.416 e. The number of hydrogen-bond donors (Lipinski definition) is 3. The lowest BCUT2D eigenvalue weighted by molar-refractivity contribution is -0.157. The summed E-state index contributed by atoms with van der Waals surface area (Å²) >= 11 is 0. The first-order valence-corrected chi connectivity index (χ1v) is 12.4. The number of nitrogens with two attached hydrogens (primary N) is 1. The smallest absolute Gasteiger partial charge is 0.382 e. The molecule has 13 heteroatoms. The standard InChI is InChI=1S/C27H26F3N7O3/c1-15(12-34-25(39)26(2)13-40-14-26)23-36-20(21-22(31)33-9-10-37(21)23)16-3-5-17(6-4-16)24(38)35-19-11-18(7-8-32-19)27(28,29)30/h3-11,15H,12-14H2,1-2H3,(H2,31,33)(H,34,39)(H,32,35,38). The number of halogens is 3. The third kappa shape index (κ3) is 5.19. The Balaban J connectivity index is 1.37. The Morgan fingerprint density at radius 1 is 1.15 bits per heavy atom. The number of carbonyl (C=O) groups excluding carboxylic acids is 2. The minimum atomic E-state index is -4.56. The molecule has 1 saturated heterocycles. The summed E-state index contributed by atoms with van der Waals surface area (Å²) in [5.74, 6) is -0.183. The van der Waals surface area contributed by atoms with Crippen molar-refractivity contribution in [2.24, 2.45) is 5.41 Å². The molecule has 4 heterocycles. The van der Waals surface area contributed by atoms with E-state index in [9.17, 15) is 22.8 Å². The van der Waals surface area contributed by atoms with Gasteiger partial charge in [-0.05, 0) is 31.2 Å². The van der Waals surface area contributed by atoms with Crippen LogP contribution in [-0.4, -0.2) is 50.9 Å². The Kier molecular flexibility index (Phi) is 6.92. The summed E-state index contributed by atoms with van der Waals surface area (Å²) in [7, 11) is 0. The number of nitrogens with one attached hydrogen (secondary N) is 2. The molecule has 40 heavy (non-hydrogen) atoms. The van der Waals surface area contributed by atoms with E-state index in [1.807, 2.05) is 18.2 Å². The summed E-state index contributed by atoms with van der Waals surface area (Å²) in [6, 6.07) is 7.98. The summed E-state index contributed by atoms with van der Waals surface area (Å²) in [4.78, 5) is 38.0. The molecule has 0 spiro atoms. The Hall–Kier alpha value is -4.52. The SMILES string of the molecule is CC(CNC(=O)C1(C)COC1)c1nc(-c2ccc(C(=O)Nc3cc(C(F)(F)F)ccn3)cc2)c2c(N)nccn12. The van der Waals surface area contributed by atoms with Crippen molar-refractivity contribution < 1.29 is 27.5 Å². The molecular formula is C27H26F3N7O3. The number of nitrogen functional groups attached to an aromatic ring is 1. The Morgan fingerprint density at radius 3 is 2.52 bits per heavy atom. The summed E-state index contributed by atoms with van der Waals surface area (Å²) in [5, 5.41) is 5.36. The van der Waals surface area contributed by atoms with Gasteiger partial charge in [-0.2, -0.15) is 13.2 Å². The highest BCUT2D eigenvalue weighted by molar-refractivity contribution is 6.04. The second-order valence-electron chi connectivity index (χ2n) is 9.97. The Morgan fingerprint density at radius 2 is 1.88 bits per heavy atom. The van der Waals surface area contributed by atoms with Gasteiger partial charge in [0.15, 0.2) is 0 Å². The first-order valence-electron chi connectivity index (χ1n) is 12.4. The molecule has 1 aliphatic rings. The van der Waals surface area contributed by atoms with Gasteiger partial charge in [0.05, 0.1) is 24.2 Å². The zero-order valence-electron chi connectivity index (χ0n) is 21.6. The molecule has 4 aromatic rings. The lowest BCUT2D eigenvalue weighted by atomic mass is 9.87. The number of carbonyl (C=O) groups is 2. The van der Waals surface area contributed by atoms with Crippen LogP contribution in [0.5, 0.6) is 0 Å². The van der Waals surface area contributed by atoms with E-state index in [1.54, 1.807) is 24.5 Å². The fourth-order valence-corrected chi connectivity index (χ4v) is 4.37. The van der Waals surface area contributed by atoms with Crippen molar-refractivity contribution in [2.45, 2.75) is 25.9 Å². The third-order valence-corrected chi connectivity index (χ3v) is 6.76. The van der Waals surface area contributed by atoms with Crippen molar-refractivity contribution in [1.82, 2.24) is 24.7 Å². The fourth-order valence-electron chi connectivity index (χ4n) is 4.37. The van der Waals surface area contributed by atoms with E-state index in [2.05, 4.69) is 20.6 Å². The number of imidazole rings is 1. The van der Waals surface area contributed by atoms with Gasteiger partial charge in [0.2, 0.25) is 5.91 Å². The maximum atomic E-state index is 13.0. The molecule has 5 rings (SSSR count). The molecule has 1 aliphatic heterocycles. The molecule has 0 saturated carbocycles. The van der Waals surface area contributed by atoms with E-state index in [0.717, 1.165) is 18.3 Å². The average molecular weight is 554 g/mol. The lowest BCUT2D eigenvalue weighted by Crippen LogP contribution is -2.52. The van der Waals surface area contributed by atoms with Gasteiger partial charge in [-0.1, -0.05) is 19.1 Å². The van der Waals surface area contributed by atoms with E-state index >= 15 is 0 Å². The number of fused-ring (bicyclic) bond motifs is 1. The second-order valence-corrected chi connectivity index (χ2v) is 9.97. The van der Waals surface area contributed by atoms with Crippen LogP contribution < -0.4 is 16.4 Å². The first-order chi connectivity index (χ1) is 19.0. The maximum Gasteiger partial charge on any atom is 0.416 e. The summed E-state index contributed by atoms with van der Waals surface area (Å²) < 4.78 is 45.9. The van der Waals surface area contributed by atoms with Crippen LogP contribution in [0.2, 0.25) is 0 Å². The monoisotopic (exact) mass is 553 g/mol. The molecule has 0 aliphatic carbocycles. The van der Waals surface area contributed by atoms with Crippen LogP contribution >= 0.6 is 0 Å². The highest BCUT2D eigenvalue weighted by atomic mass is 19.4. The topological polar surface area (TPSA) is 137 Å². The van der Waals surface area contributed by atoms with Crippen LogP contribution in [-0.2, 0) is 15.7 Å². The Bertz CT molecular complexity index is 1580. The van der Waals surface area contributed by atoms with Crippen LogP contribution in [0, 0.1) is 5.41 Å². The second kappa shape index (κ2) is 10.2. The number of nitrogens with zero attached hydrogens (tertiary/aromatic N) is 4. The molecule has 1 atom stereocenters. The van der Waals surface area contributed by atoms with Crippen LogP contribution in [0.3, 0.4) is 0 Å². The summed E-state index contributed by atoms with van der Waals surface area (Å²) in [6.45, 7) is 4.90. The number of rotatable bonds is 7. The normalized spacial score (nSPS) is 15.3. The third-order valence-electron chi connectivity index (χ3n) is 6.76. The highest BCUT2D eigenvalue weighted by Gasteiger charge is 2.41. The zero-order valence-corrected chi connectivity index (χ0v) is 21.6. The van der Waals surface area contributed by atoms with E-state index < -0.39 is 23.1 Å². The van der Waals surface area contributed by atoms with Crippen molar-refractivity contribution >= 4 is 29.0 Å². The predicted octanol–water partition coefficient (Wildman–Crippen LogP) is 3.90. The quantitative estimate of drug-likeness (QED) is 0.316. The number of alkyl halides is 3. The number of ether oxygens (including phenoxy) is 1.